The van der Waals surface area contributed by atoms with Gasteiger partial charge in [0.2, 0.25) is 5.91 Å². The van der Waals surface area contributed by atoms with Crippen LogP contribution in [0.2, 0.25) is 0 Å². The van der Waals surface area contributed by atoms with Gasteiger partial charge in [0.25, 0.3) is 0 Å². The number of primary amides is 1. The van der Waals surface area contributed by atoms with Gasteiger partial charge in [-0.3, -0.25) is 4.79 Å². The summed E-state index contributed by atoms with van der Waals surface area (Å²) in [5.74, 6) is -0.446. The van der Waals surface area contributed by atoms with Crippen molar-refractivity contribution < 1.29 is 9.90 Å². The summed E-state index contributed by atoms with van der Waals surface area (Å²) in [4.78, 5) is 11.2. The van der Waals surface area contributed by atoms with Crippen molar-refractivity contribution in [3.63, 3.8) is 0 Å². The van der Waals surface area contributed by atoms with Gasteiger partial charge < -0.3 is 16.6 Å². The standard InChI is InChI=1S/C18H26N2O2/c1-12(2)16(11-21)7-5-13(3)4-6-14-10-15(18(20)22)8-9-17(14)19/h4,8-10,21H,5-7,11,19H2,1-3H3,(H2,20,22). The third-order valence-electron chi connectivity index (χ3n) is 3.82. The van der Waals surface area contributed by atoms with Crippen LogP contribution in [0.4, 0.5) is 5.69 Å². The Balaban J connectivity index is 2.73. The number of anilines is 1. The van der Waals surface area contributed by atoms with Crippen LogP contribution in [-0.4, -0.2) is 17.6 Å². The van der Waals surface area contributed by atoms with Crippen molar-refractivity contribution in [1.82, 2.24) is 0 Å². The fourth-order valence-electron chi connectivity index (χ4n) is 2.16. The van der Waals surface area contributed by atoms with E-state index in [0.717, 1.165) is 24.0 Å². The molecule has 4 nitrogen and oxygen atoms in total. The highest BCUT2D eigenvalue weighted by Crippen LogP contribution is 2.18. The fraction of sp³-hybridized carbons (Fsp3) is 0.389. The lowest BCUT2D eigenvalue weighted by Crippen LogP contribution is -2.11. The number of carbonyl (C=O) groups is 1. The highest BCUT2D eigenvalue weighted by atomic mass is 16.3. The molecule has 1 aromatic rings. The molecule has 4 heteroatoms. The van der Waals surface area contributed by atoms with Crippen LogP contribution in [0.3, 0.4) is 0 Å². The molecule has 5 N–H and O–H groups in total. The number of hydrogen-bond donors (Lipinski definition) is 3. The second kappa shape index (κ2) is 8.39. The van der Waals surface area contributed by atoms with Crippen LogP contribution >= 0.6 is 0 Å². The van der Waals surface area contributed by atoms with E-state index in [9.17, 15) is 9.90 Å². The molecule has 0 aliphatic rings. The predicted octanol–water partition coefficient (Wildman–Crippen LogP) is 2.97. The number of nitrogens with two attached hydrogens (primary N) is 2. The van der Waals surface area contributed by atoms with E-state index in [1.165, 1.54) is 11.1 Å². The molecule has 0 radical (unpaired) electrons. The van der Waals surface area contributed by atoms with E-state index in [4.69, 9.17) is 11.5 Å². The van der Waals surface area contributed by atoms with Gasteiger partial charge in [-0.1, -0.05) is 17.2 Å². The lowest BCUT2D eigenvalue weighted by Gasteiger charge is -2.08. The summed E-state index contributed by atoms with van der Waals surface area (Å²) >= 11 is 0. The maximum Gasteiger partial charge on any atom is 0.248 e. The molecule has 120 valence electrons. The smallest absolute Gasteiger partial charge is 0.248 e. The summed E-state index contributed by atoms with van der Waals surface area (Å²) in [5, 5.41) is 9.30. The third kappa shape index (κ3) is 5.37. The molecule has 0 saturated heterocycles. The van der Waals surface area contributed by atoms with E-state index in [1.807, 2.05) is 13.8 Å². The molecule has 0 spiro atoms. The first-order chi connectivity index (χ1) is 10.3. The Labute approximate surface area is 132 Å². The molecule has 0 fully saturated rings. The number of aliphatic hydroxyl groups is 1. The number of rotatable bonds is 7. The van der Waals surface area contributed by atoms with Crippen LogP contribution in [0.15, 0.2) is 41.0 Å². The molecule has 0 aliphatic carbocycles. The zero-order valence-corrected chi connectivity index (χ0v) is 13.6. The van der Waals surface area contributed by atoms with Gasteiger partial charge in [0, 0.05) is 11.3 Å². The minimum absolute atomic E-state index is 0.114. The van der Waals surface area contributed by atoms with Crippen molar-refractivity contribution in [2.75, 3.05) is 12.3 Å². The molecule has 0 aromatic heterocycles. The molecule has 1 rings (SSSR count). The van der Waals surface area contributed by atoms with Crippen LogP contribution in [-0.2, 0) is 6.42 Å². The van der Waals surface area contributed by atoms with Crippen LogP contribution in [0.5, 0.6) is 0 Å². The fourth-order valence-corrected chi connectivity index (χ4v) is 2.16. The quantitative estimate of drug-likeness (QED) is 0.534. The molecular formula is C18H26N2O2. The zero-order valence-electron chi connectivity index (χ0n) is 13.6. The van der Waals surface area contributed by atoms with Crippen molar-refractivity contribution in [2.24, 2.45) is 5.73 Å². The van der Waals surface area contributed by atoms with Gasteiger partial charge in [0.1, 0.15) is 0 Å². The number of hydrogen-bond acceptors (Lipinski definition) is 3. The van der Waals surface area contributed by atoms with Crippen LogP contribution in [0, 0.1) is 0 Å². The summed E-state index contributed by atoms with van der Waals surface area (Å²) < 4.78 is 0. The lowest BCUT2D eigenvalue weighted by molar-refractivity contribution is 0.1000. The minimum atomic E-state index is -0.446. The van der Waals surface area contributed by atoms with Crippen LogP contribution in [0.1, 0.15) is 49.5 Å². The zero-order chi connectivity index (χ0) is 16.7. The first-order valence-corrected chi connectivity index (χ1v) is 7.45. The molecule has 0 unspecified atom stereocenters. The number of allylic oxidation sites excluding steroid dienone is 3. The largest absolute Gasteiger partial charge is 0.398 e. The molecule has 0 atom stereocenters. The number of aliphatic hydroxyl groups excluding tert-OH is 1. The SMILES string of the molecule is CC(=CCc1cc(C(N)=O)ccc1N)CCC(CO)=C(C)C. The van der Waals surface area contributed by atoms with Crippen LogP contribution < -0.4 is 11.5 Å². The summed E-state index contributed by atoms with van der Waals surface area (Å²) in [6, 6.07) is 5.10. The number of carbonyl (C=O) groups excluding carboxylic acids is 1. The third-order valence-corrected chi connectivity index (χ3v) is 3.82. The van der Waals surface area contributed by atoms with E-state index in [2.05, 4.69) is 13.0 Å². The van der Waals surface area contributed by atoms with Crippen molar-refractivity contribution in [2.45, 2.75) is 40.0 Å². The Morgan fingerprint density at radius 3 is 2.45 bits per heavy atom. The van der Waals surface area contributed by atoms with E-state index < -0.39 is 5.91 Å². The first kappa shape index (κ1) is 18.0. The Morgan fingerprint density at radius 2 is 1.91 bits per heavy atom. The molecule has 0 aliphatic heterocycles. The Hall–Kier alpha value is -2.07. The average molecular weight is 302 g/mol. The number of nitrogen functional groups attached to an aromatic ring is 1. The van der Waals surface area contributed by atoms with Gasteiger partial charge in [-0.2, -0.15) is 0 Å². The van der Waals surface area contributed by atoms with Crippen molar-refractivity contribution >= 4 is 11.6 Å². The average Bonchev–Trinajstić information content (AvgIpc) is 2.46. The van der Waals surface area contributed by atoms with Gasteiger partial charge in [-0.05, 0) is 69.4 Å². The van der Waals surface area contributed by atoms with Crippen molar-refractivity contribution in [3.05, 3.63) is 52.1 Å². The van der Waals surface area contributed by atoms with Gasteiger partial charge in [0.05, 0.1) is 6.61 Å². The molecule has 1 aromatic carbocycles. The molecular weight excluding hydrogens is 276 g/mol. The van der Waals surface area contributed by atoms with Crippen molar-refractivity contribution in [1.29, 1.82) is 0 Å². The minimum Gasteiger partial charge on any atom is -0.398 e. The molecule has 1 amide bonds. The molecule has 0 heterocycles. The summed E-state index contributed by atoms with van der Waals surface area (Å²) in [6.45, 7) is 6.21. The summed E-state index contributed by atoms with van der Waals surface area (Å²) in [7, 11) is 0. The normalized spacial score (nSPS) is 11.4. The highest BCUT2D eigenvalue weighted by molar-refractivity contribution is 5.93. The predicted molar refractivity (Wildman–Crippen MR) is 91.5 cm³/mol. The van der Waals surface area contributed by atoms with Gasteiger partial charge in [-0.15, -0.1) is 0 Å². The highest BCUT2D eigenvalue weighted by Gasteiger charge is 2.05. The number of benzene rings is 1. The van der Waals surface area contributed by atoms with Gasteiger partial charge in [-0.25, -0.2) is 0 Å². The maximum absolute atomic E-state index is 11.2. The summed E-state index contributed by atoms with van der Waals surface area (Å²) in [6.07, 6.45) is 4.53. The van der Waals surface area contributed by atoms with E-state index in [1.54, 1.807) is 18.2 Å². The molecule has 0 saturated carbocycles. The second-order valence-electron chi connectivity index (χ2n) is 5.79. The van der Waals surface area contributed by atoms with Gasteiger partial charge >= 0.3 is 0 Å². The van der Waals surface area contributed by atoms with Crippen molar-refractivity contribution in [3.8, 4) is 0 Å². The Bertz CT molecular complexity index is 597. The van der Waals surface area contributed by atoms with Gasteiger partial charge in [0.15, 0.2) is 0 Å². The Morgan fingerprint density at radius 1 is 1.23 bits per heavy atom. The van der Waals surface area contributed by atoms with E-state index in [-0.39, 0.29) is 6.61 Å². The molecule has 0 bridgehead atoms. The summed E-state index contributed by atoms with van der Waals surface area (Å²) in [5.41, 5.74) is 16.8. The lowest BCUT2D eigenvalue weighted by atomic mass is 10.00. The topological polar surface area (TPSA) is 89.3 Å². The second-order valence-corrected chi connectivity index (χ2v) is 5.79. The Kier molecular flexibility index (Phi) is 6.86. The van der Waals surface area contributed by atoms with Crippen LogP contribution in [0.25, 0.3) is 0 Å². The monoisotopic (exact) mass is 302 g/mol. The molecule has 22 heavy (non-hydrogen) atoms. The first-order valence-electron chi connectivity index (χ1n) is 7.45. The number of amides is 1. The maximum atomic E-state index is 11.2. The van der Waals surface area contributed by atoms with E-state index >= 15 is 0 Å². The van der Waals surface area contributed by atoms with E-state index in [0.29, 0.717) is 17.7 Å².